The second kappa shape index (κ2) is 4.79. The van der Waals surface area contributed by atoms with Gasteiger partial charge < -0.3 is 9.52 Å². The SMILES string of the molecule is OC(Cc1ccc2c(c1)CCC2)c1ccc(Cl)o1. The first kappa shape index (κ1) is 11.8. The Morgan fingerprint density at radius 1 is 1.17 bits per heavy atom. The van der Waals surface area contributed by atoms with E-state index >= 15 is 0 Å². The van der Waals surface area contributed by atoms with Crippen LogP contribution in [0.2, 0.25) is 5.22 Å². The lowest BCUT2D eigenvalue weighted by atomic mass is 10.0. The second-order valence-corrected chi connectivity index (χ2v) is 5.19. The standard InChI is InChI=1S/C15H15ClO2/c16-15-7-6-14(18-15)13(17)9-10-4-5-11-2-1-3-12(11)8-10/h4-8,13,17H,1-3,9H2. The Bertz CT molecular complexity index is 559. The fourth-order valence-corrected chi connectivity index (χ4v) is 2.74. The van der Waals surface area contributed by atoms with E-state index < -0.39 is 6.10 Å². The fraction of sp³-hybridized carbons (Fsp3) is 0.333. The Morgan fingerprint density at radius 3 is 2.78 bits per heavy atom. The molecule has 0 saturated heterocycles. The quantitative estimate of drug-likeness (QED) is 0.915. The maximum atomic E-state index is 10.1. The molecule has 2 nitrogen and oxygen atoms in total. The summed E-state index contributed by atoms with van der Waals surface area (Å²) in [5.74, 6) is 0.528. The monoisotopic (exact) mass is 262 g/mol. The summed E-state index contributed by atoms with van der Waals surface area (Å²) in [5, 5.41) is 10.4. The van der Waals surface area contributed by atoms with Gasteiger partial charge >= 0.3 is 0 Å². The Balaban J connectivity index is 1.76. The highest BCUT2D eigenvalue weighted by Crippen LogP contribution is 2.26. The van der Waals surface area contributed by atoms with Gasteiger partial charge in [0.2, 0.25) is 0 Å². The van der Waals surface area contributed by atoms with Crippen LogP contribution in [0.4, 0.5) is 0 Å². The number of halogens is 1. The van der Waals surface area contributed by atoms with Gasteiger partial charge in [-0.15, -0.1) is 0 Å². The van der Waals surface area contributed by atoms with Crippen LogP contribution < -0.4 is 0 Å². The van der Waals surface area contributed by atoms with E-state index in [1.807, 2.05) is 0 Å². The molecule has 18 heavy (non-hydrogen) atoms. The van der Waals surface area contributed by atoms with E-state index in [1.54, 1.807) is 12.1 Å². The van der Waals surface area contributed by atoms with Crippen molar-refractivity contribution >= 4 is 11.6 Å². The van der Waals surface area contributed by atoms with E-state index in [1.165, 1.54) is 24.0 Å². The molecule has 1 atom stereocenters. The van der Waals surface area contributed by atoms with E-state index in [0.717, 1.165) is 12.0 Å². The van der Waals surface area contributed by atoms with Crippen molar-refractivity contribution in [2.45, 2.75) is 31.8 Å². The number of hydrogen-bond donors (Lipinski definition) is 1. The molecule has 1 aromatic heterocycles. The van der Waals surface area contributed by atoms with Gasteiger partial charge in [-0.05, 0) is 59.7 Å². The van der Waals surface area contributed by atoms with Crippen molar-refractivity contribution in [3.63, 3.8) is 0 Å². The van der Waals surface area contributed by atoms with Gasteiger partial charge in [-0.3, -0.25) is 0 Å². The predicted octanol–water partition coefficient (Wildman–Crippen LogP) is 3.70. The zero-order chi connectivity index (χ0) is 12.5. The van der Waals surface area contributed by atoms with Crippen LogP contribution >= 0.6 is 11.6 Å². The van der Waals surface area contributed by atoms with Crippen LogP contribution in [0.15, 0.2) is 34.7 Å². The number of hydrogen-bond acceptors (Lipinski definition) is 2. The third kappa shape index (κ3) is 2.31. The van der Waals surface area contributed by atoms with Crippen molar-refractivity contribution in [1.82, 2.24) is 0 Å². The Labute approximate surface area is 111 Å². The summed E-state index contributed by atoms with van der Waals surface area (Å²) in [6.45, 7) is 0. The van der Waals surface area contributed by atoms with E-state index in [0.29, 0.717) is 17.4 Å². The van der Waals surface area contributed by atoms with Gasteiger partial charge in [0.1, 0.15) is 11.9 Å². The molecule has 1 heterocycles. The highest BCUT2D eigenvalue weighted by atomic mass is 35.5. The smallest absolute Gasteiger partial charge is 0.193 e. The van der Waals surface area contributed by atoms with Gasteiger partial charge in [-0.2, -0.15) is 0 Å². The predicted molar refractivity (Wildman–Crippen MR) is 70.8 cm³/mol. The normalized spacial score (nSPS) is 15.7. The number of rotatable bonds is 3. The number of fused-ring (bicyclic) bond motifs is 1. The molecule has 94 valence electrons. The summed E-state index contributed by atoms with van der Waals surface area (Å²) in [7, 11) is 0. The molecule has 3 rings (SSSR count). The lowest BCUT2D eigenvalue weighted by molar-refractivity contribution is 0.150. The van der Waals surface area contributed by atoms with Crippen molar-refractivity contribution in [3.8, 4) is 0 Å². The van der Waals surface area contributed by atoms with Crippen molar-refractivity contribution in [2.75, 3.05) is 0 Å². The van der Waals surface area contributed by atoms with Crippen molar-refractivity contribution in [2.24, 2.45) is 0 Å². The van der Waals surface area contributed by atoms with E-state index in [-0.39, 0.29) is 0 Å². The first-order valence-electron chi connectivity index (χ1n) is 6.26. The Kier molecular flexibility index (Phi) is 3.14. The number of aliphatic hydroxyl groups is 1. The van der Waals surface area contributed by atoms with Gasteiger partial charge in [-0.1, -0.05) is 18.2 Å². The molecule has 0 spiro atoms. The van der Waals surface area contributed by atoms with Crippen molar-refractivity contribution < 1.29 is 9.52 Å². The molecule has 1 aliphatic rings. The first-order valence-corrected chi connectivity index (χ1v) is 6.64. The van der Waals surface area contributed by atoms with E-state index in [4.69, 9.17) is 16.0 Å². The van der Waals surface area contributed by atoms with Gasteiger partial charge in [0.15, 0.2) is 5.22 Å². The highest BCUT2D eigenvalue weighted by Gasteiger charge is 2.15. The summed E-state index contributed by atoms with van der Waals surface area (Å²) < 4.78 is 5.23. The second-order valence-electron chi connectivity index (χ2n) is 4.82. The third-order valence-electron chi connectivity index (χ3n) is 3.51. The molecule has 2 aromatic rings. The lowest BCUT2D eigenvalue weighted by Crippen LogP contribution is -2.01. The maximum Gasteiger partial charge on any atom is 0.193 e. The summed E-state index contributed by atoms with van der Waals surface area (Å²) in [6.07, 6.45) is 3.53. The number of furan rings is 1. The molecule has 0 aliphatic heterocycles. The third-order valence-corrected chi connectivity index (χ3v) is 3.72. The lowest BCUT2D eigenvalue weighted by Gasteiger charge is -2.09. The molecular formula is C15H15ClO2. The van der Waals surface area contributed by atoms with Crippen LogP contribution in [0.3, 0.4) is 0 Å². The van der Waals surface area contributed by atoms with Crippen molar-refractivity contribution in [3.05, 3.63) is 58.0 Å². The number of aryl methyl sites for hydroxylation is 2. The van der Waals surface area contributed by atoms with Gasteiger partial charge in [0, 0.05) is 6.42 Å². The largest absolute Gasteiger partial charge is 0.447 e. The number of benzene rings is 1. The molecule has 0 amide bonds. The minimum absolute atomic E-state index is 0.318. The Morgan fingerprint density at radius 2 is 2.00 bits per heavy atom. The molecule has 1 unspecified atom stereocenters. The molecule has 1 N–H and O–H groups in total. The van der Waals surface area contributed by atoms with Crippen LogP contribution in [-0.2, 0) is 19.3 Å². The summed E-state index contributed by atoms with van der Waals surface area (Å²) in [4.78, 5) is 0. The minimum Gasteiger partial charge on any atom is -0.447 e. The Hall–Kier alpha value is -1.25. The van der Waals surface area contributed by atoms with E-state index in [2.05, 4.69) is 18.2 Å². The van der Waals surface area contributed by atoms with Crippen LogP contribution in [0.1, 0.15) is 35.0 Å². The molecule has 3 heteroatoms. The van der Waals surface area contributed by atoms with Crippen LogP contribution in [0, 0.1) is 0 Å². The van der Waals surface area contributed by atoms with Crippen LogP contribution in [-0.4, -0.2) is 5.11 Å². The zero-order valence-corrected chi connectivity index (χ0v) is 10.8. The van der Waals surface area contributed by atoms with Crippen LogP contribution in [0.5, 0.6) is 0 Å². The molecule has 0 fully saturated rings. The van der Waals surface area contributed by atoms with Gasteiger partial charge in [0.25, 0.3) is 0 Å². The maximum absolute atomic E-state index is 10.1. The average Bonchev–Trinajstić information content (AvgIpc) is 2.96. The van der Waals surface area contributed by atoms with Crippen LogP contribution in [0.25, 0.3) is 0 Å². The topological polar surface area (TPSA) is 33.4 Å². The average molecular weight is 263 g/mol. The van der Waals surface area contributed by atoms with E-state index in [9.17, 15) is 5.11 Å². The fourth-order valence-electron chi connectivity index (χ4n) is 2.58. The molecule has 0 bridgehead atoms. The van der Waals surface area contributed by atoms with Crippen molar-refractivity contribution in [1.29, 1.82) is 0 Å². The molecular weight excluding hydrogens is 248 g/mol. The minimum atomic E-state index is -0.628. The van der Waals surface area contributed by atoms with Gasteiger partial charge in [-0.25, -0.2) is 0 Å². The molecule has 1 aromatic carbocycles. The first-order chi connectivity index (χ1) is 8.72. The zero-order valence-electron chi connectivity index (χ0n) is 10.0. The molecule has 1 aliphatic carbocycles. The molecule has 0 radical (unpaired) electrons. The summed E-state index contributed by atoms with van der Waals surface area (Å²) in [6, 6.07) is 9.86. The summed E-state index contributed by atoms with van der Waals surface area (Å²) in [5.41, 5.74) is 4.03. The molecule has 0 saturated carbocycles. The van der Waals surface area contributed by atoms with Gasteiger partial charge in [0.05, 0.1) is 0 Å². The summed E-state index contributed by atoms with van der Waals surface area (Å²) >= 11 is 5.71. The number of aliphatic hydroxyl groups excluding tert-OH is 1. The highest BCUT2D eigenvalue weighted by molar-refractivity contribution is 6.28.